The van der Waals surface area contributed by atoms with E-state index in [4.69, 9.17) is 5.11 Å². The molecule has 0 bridgehead atoms. The number of hydrogen-bond acceptors (Lipinski definition) is 3. The van der Waals surface area contributed by atoms with Gasteiger partial charge in [-0.1, -0.05) is 0 Å². The van der Waals surface area contributed by atoms with Gasteiger partial charge in [0, 0.05) is 26.3 Å². The molecule has 1 aromatic rings. The van der Waals surface area contributed by atoms with Gasteiger partial charge < -0.3 is 15.7 Å². The van der Waals surface area contributed by atoms with Gasteiger partial charge in [0.2, 0.25) is 0 Å². The van der Waals surface area contributed by atoms with Crippen molar-refractivity contribution in [1.82, 2.24) is 20.4 Å². The summed E-state index contributed by atoms with van der Waals surface area (Å²) in [6, 6.07) is -0.363. The van der Waals surface area contributed by atoms with Crippen LogP contribution in [-0.4, -0.2) is 40.0 Å². The summed E-state index contributed by atoms with van der Waals surface area (Å²) in [4.78, 5) is 22.3. The number of nitrogens with one attached hydrogen (secondary N) is 2. The lowest BCUT2D eigenvalue weighted by Crippen LogP contribution is -2.43. The highest BCUT2D eigenvalue weighted by Gasteiger charge is 2.27. The molecule has 0 aliphatic heterocycles. The summed E-state index contributed by atoms with van der Waals surface area (Å²) in [5.41, 5.74) is 0.0643. The molecule has 106 valence electrons. The molecule has 19 heavy (non-hydrogen) atoms. The Morgan fingerprint density at radius 2 is 2.11 bits per heavy atom. The van der Waals surface area contributed by atoms with E-state index in [1.54, 1.807) is 24.7 Å². The van der Waals surface area contributed by atoms with Gasteiger partial charge in [0.15, 0.2) is 0 Å². The highest BCUT2D eigenvalue weighted by molar-refractivity contribution is 5.77. The maximum absolute atomic E-state index is 11.5. The van der Waals surface area contributed by atoms with E-state index in [0.717, 1.165) is 5.56 Å². The van der Waals surface area contributed by atoms with Gasteiger partial charge in [-0.05, 0) is 25.8 Å². The van der Waals surface area contributed by atoms with Gasteiger partial charge in [-0.25, -0.2) is 4.79 Å². The van der Waals surface area contributed by atoms with E-state index in [0.29, 0.717) is 13.0 Å². The van der Waals surface area contributed by atoms with Crippen molar-refractivity contribution >= 4 is 12.0 Å². The molecule has 0 unspecified atom stereocenters. The lowest BCUT2D eigenvalue weighted by atomic mass is 9.94. The molecule has 0 spiro atoms. The van der Waals surface area contributed by atoms with Gasteiger partial charge in [-0.3, -0.25) is 9.48 Å². The lowest BCUT2D eigenvalue weighted by Gasteiger charge is -2.19. The molecule has 0 aromatic carbocycles. The van der Waals surface area contributed by atoms with Crippen LogP contribution in [0.3, 0.4) is 0 Å². The topological polar surface area (TPSA) is 96.2 Å². The molecule has 0 atom stereocenters. The maximum Gasteiger partial charge on any atom is 0.314 e. The number of carboxylic acid groups (broad SMARTS) is 1. The van der Waals surface area contributed by atoms with E-state index >= 15 is 0 Å². The molecule has 0 aliphatic carbocycles. The summed E-state index contributed by atoms with van der Waals surface area (Å²) in [5.74, 6) is -0.942. The Morgan fingerprint density at radius 1 is 1.42 bits per heavy atom. The third-order valence-corrected chi connectivity index (χ3v) is 2.73. The minimum absolute atomic E-state index is 0.0844. The SMILES string of the molecule is Cn1cc(CCNC(=O)NCC(C)(C)C(=O)O)cn1. The van der Waals surface area contributed by atoms with Crippen LogP contribution in [0, 0.1) is 5.41 Å². The molecule has 1 aromatic heterocycles. The third-order valence-electron chi connectivity index (χ3n) is 2.73. The predicted octanol–water partition coefficient (Wildman–Crippen LogP) is 0.373. The van der Waals surface area contributed by atoms with E-state index < -0.39 is 11.4 Å². The Labute approximate surface area is 112 Å². The summed E-state index contributed by atoms with van der Waals surface area (Å²) >= 11 is 0. The van der Waals surface area contributed by atoms with Gasteiger partial charge in [0.1, 0.15) is 0 Å². The minimum atomic E-state index is -0.972. The molecular weight excluding hydrogens is 248 g/mol. The number of amides is 2. The zero-order valence-corrected chi connectivity index (χ0v) is 11.4. The monoisotopic (exact) mass is 268 g/mol. The highest BCUT2D eigenvalue weighted by atomic mass is 16.4. The number of carboxylic acids is 1. The summed E-state index contributed by atoms with van der Waals surface area (Å²) < 4.78 is 1.70. The Hall–Kier alpha value is -2.05. The Balaban J connectivity index is 2.23. The average molecular weight is 268 g/mol. The Morgan fingerprint density at radius 3 is 2.63 bits per heavy atom. The fraction of sp³-hybridized carbons (Fsp3) is 0.583. The smallest absolute Gasteiger partial charge is 0.314 e. The van der Waals surface area contributed by atoms with Crippen LogP contribution in [0.1, 0.15) is 19.4 Å². The predicted molar refractivity (Wildman–Crippen MR) is 69.7 cm³/mol. The molecule has 2 amide bonds. The van der Waals surface area contributed by atoms with E-state index in [2.05, 4.69) is 15.7 Å². The van der Waals surface area contributed by atoms with Gasteiger partial charge >= 0.3 is 12.0 Å². The number of carbonyl (C=O) groups excluding carboxylic acids is 1. The molecule has 7 heteroatoms. The number of aryl methyl sites for hydroxylation is 1. The number of urea groups is 1. The van der Waals surface area contributed by atoms with Crippen LogP contribution in [0.2, 0.25) is 0 Å². The molecule has 0 saturated heterocycles. The van der Waals surface area contributed by atoms with Crippen LogP contribution < -0.4 is 10.6 Å². The average Bonchev–Trinajstić information content (AvgIpc) is 2.72. The first-order valence-corrected chi connectivity index (χ1v) is 6.04. The van der Waals surface area contributed by atoms with E-state index in [9.17, 15) is 9.59 Å². The van der Waals surface area contributed by atoms with Gasteiger partial charge in [0.25, 0.3) is 0 Å². The summed E-state index contributed by atoms with van der Waals surface area (Å²) in [7, 11) is 1.83. The molecule has 7 nitrogen and oxygen atoms in total. The van der Waals surface area contributed by atoms with Crippen LogP contribution in [0.25, 0.3) is 0 Å². The van der Waals surface area contributed by atoms with Crippen molar-refractivity contribution in [2.75, 3.05) is 13.1 Å². The van der Waals surface area contributed by atoms with Gasteiger partial charge in [-0.15, -0.1) is 0 Å². The summed E-state index contributed by atoms with van der Waals surface area (Å²) in [5, 5.41) is 18.1. The Bertz CT molecular complexity index is 454. The fourth-order valence-corrected chi connectivity index (χ4v) is 1.36. The van der Waals surface area contributed by atoms with Crippen molar-refractivity contribution in [3.8, 4) is 0 Å². The molecular formula is C12H20N4O3. The van der Waals surface area contributed by atoms with Crippen LogP contribution >= 0.6 is 0 Å². The number of aliphatic carboxylic acids is 1. The zero-order valence-electron chi connectivity index (χ0n) is 11.4. The van der Waals surface area contributed by atoms with E-state index in [1.165, 1.54) is 0 Å². The molecule has 1 rings (SSSR count). The lowest BCUT2D eigenvalue weighted by molar-refractivity contribution is -0.146. The number of carbonyl (C=O) groups is 2. The molecule has 3 N–H and O–H groups in total. The minimum Gasteiger partial charge on any atom is -0.481 e. The van der Waals surface area contributed by atoms with Crippen LogP contribution in [0.5, 0.6) is 0 Å². The van der Waals surface area contributed by atoms with Crippen LogP contribution in [0.4, 0.5) is 4.79 Å². The van der Waals surface area contributed by atoms with Gasteiger partial charge in [0.05, 0.1) is 11.6 Å². The molecule has 0 saturated carbocycles. The molecule has 0 aliphatic rings. The van der Waals surface area contributed by atoms with Crippen molar-refractivity contribution in [1.29, 1.82) is 0 Å². The number of hydrogen-bond donors (Lipinski definition) is 3. The second-order valence-corrected chi connectivity index (χ2v) is 5.07. The number of aromatic nitrogens is 2. The first-order valence-electron chi connectivity index (χ1n) is 6.04. The molecule has 0 radical (unpaired) electrons. The van der Waals surface area contributed by atoms with Crippen molar-refractivity contribution in [2.45, 2.75) is 20.3 Å². The molecule has 0 fully saturated rings. The standard InChI is InChI=1S/C12H20N4O3/c1-12(2,10(17)18)8-14-11(19)13-5-4-9-6-15-16(3)7-9/h6-7H,4-5,8H2,1-3H3,(H,17,18)(H2,13,14,19). The first-order chi connectivity index (χ1) is 8.81. The van der Waals surface area contributed by atoms with Crippen molar-refractivity contribution in [3.63, 3.8) is 0 Å². The van der Waals surface area contributed by atoms with Crippen LogP contribution in [-0.2, 0) is 18.3 Å². The second kappa shape index (κ2) is 6.21. The summed E-state index contributed by atoms with van der Waals surface area (Å²) in [6.07, 6.45) is 4.31. The maximum atomic E-state index is 11.5. The normalized spacial score (nSPS) is 11.1. The third kappa shape index (κ3) is 4.99. The number of rotatable bonds is 6. The summed E-state index contributed by atoms with van der Waals surface area (Å²) in [6.45, 7) is 3.68. The second-order valence-electron chi connectivity index (χ2n) is 5.07. The quantitative estimate of drug-likeness (QED) is 0.694. The van der Waals surface area contributed by atoms with Gasteiger partial charge in [-0.2, -0.15) is 5.10 Å². The van der Waals surface area contributed by atoms with Crippen molar-refractivity contribution in [2.24, 2.45) is 12.5 Å². The number of nitrogens with zero attached hydrogens (tertiary/aromatic N) is 2. The molecule has 1 heterocycles. The van der Waals surface area contributed by atoms with Crippen LogP contribution in [0.15, 0.2) is 12.4 Å². The van der Waals surface area contributed by atoms with E-state index in [1.807, 2.05) is 13.2 Å². The van der Waals surface area contributed by atoms with Crippen molar-refractivity contribution in [3.05, 3.63) is 18.0 Å². The van der Waals surface area contributed by atoms with Crippen molar-refractivity contribution < 1.29 is 14.7 Å². The highest BCUT2D eigenvalue weighted by Crippen LogP contribution is 2.12. The first kappa shape index (κ1) is 15.0. The largest absolute Gasteiger partial charge is 0.481 e. The van der Waals surface area contributed by atoms with E-state index in [-0.39, 0.29) is 12.6 Å². The zero-order chi connectivity index (χ0) is 14.5. The Kier molecular flexibility index (Phi) is 4.91. The fourth-order valence-electron chi connectivity index (χ4n) is 1.36.